The first kappa shape index (κ1) is 13.2. The van der Waals surface area contributed by atoms with E-state index in [-0.39, 0.29) is 11.8 Å². The summed E-state index contributed by atoms with van der Waals surface area (Å²) in [5.41, 5.74) is 1.62. The molecular formula is C14H16N4OS. The lowest BCUT2D eigenvalue weighted by Gasteiger charge is -2.31. The number of nitrogens with zero attached hydrogens (tertiary/aromatic N) is 2. The maximum Gasteiger partial charge on any atom is 0.229 e. The van der Waals surface area contributed by atoms with Crippen LogP contribution in [0.1, 0.15) is 6.92 Å². The molecule has 1 fully saturated rings. The van der Waals surface area contributed by atoms with E-state index in [4.69, 9.17) is 0 Å². The Bertz CT molecular complexity index is 594. The van der Waals surface area contributed by atoms with Crippen LogP contribution in [0.25, 0.3) is 11.4 Å². The van der Waals surface area contributed by atoms with Crippen LogP contribution in [0.5, 0.6) is 0 Å². The summed E-state index contributed by atoms with van der Waals surface area (Å²) in [4.78, 5) is 20.8. The minimum absolute atomic E-state index is 0.0125. The van der Waals surface area contributed by atoms with E-state index in [1.165, 1.54) is 11.3 Å². The van der Waals surface area contributed by atoms with Crippen molar-refractivity contribution < 1.29 is 4.79 Å². The molecule has 5 nitrogen and oxygen atoms in total. The van der Waals surface area contributed by atoms with Gasteiger partial charge in [-0.05, 0) is 31.1 Å². The first-order valence-electron chi connectivity index (χ1n) is 6.62. The van der Waals surface area contributed by atoms with Gasteiger partial charge in [0.05, 0.1) is 5.69 Å². The average Bonchev–Trinajstić information content (AvgIpc) is 2.86. The van der Waals surface area contributed by atoms with Crippen LogP contribution in [0, 0.1) is 11.8 Å². The van der Waals surface area contributed by atoms with E-state index in [0.717, 1.165) is 24.5 Å². The van der Waals surface area contributed by atoms with E-state index >= 15 is 0 Å². The van der Waals surface area contributed by atoms with E-state index in [0.29, 0.717) is 11.0 Å². The summed E-state index contributed by atoms with van der Waals surface area (Å²) in [5, 5.41) is 8.62. The van der Waals surface area contributed by atoms with Gasteiger partial charge in [-0.3, -0.25) is 9.78 Å². The van der Waals surface area contributed by atoms with E-state index in [9.17, 15) is 4.79 Å². The molecule has 2 N–H and O–H groups in total. The number of hydrogen-bond acceptors (Lipinski definition) is 5. The van der Waals surface area contributed by atoms with Crippen molar-refractivity contribution in [3.05, 3.63) is 29.8 Å². The lowest BCUT2D eigenvalue weighted by molar-refractivity contribution is -0.121. The van der Waals surface area contributed by atoms with Crippen molar-refractivity contribution in [3.63, 3.8) is 0 Å². The molecule has 1 atom stereocenters. The van der Waals surface area contributed by atoms with Gasteiger partial charge >= 0.3 is 0 Å². The predicted octanol–water partition coefficient (Wildman–Crippen LogP) is 2.00. The molecular weight excluding hydrogens is 272 g/mol. The van der Waals surface area contributed by atoms with Gasteiger partial charge in [0.2, 0.25) is 5.91 Å². The van der Waals surface area contributed by atoms with Crippen molar-refractivity contribution in [3.8, 4) is 11.4 Å². The van der Waals surface area contributed by atoms with Crippen LogP contribution < -0.4 is 10.6 Å². The quantitative estimate of drug-likeness (QED) is 0.903. The van der Waals surface area contributed by atoms with Crippen molar-refractivity contribution >= 4 is 22.4 Å². The number of carbonyl (C=O) groups is 1. The lowest BCUT2D eigenvalue weighted by atomic mass is 9.88. The third-order valence-corrected chi connectivity index (χ3v) is 4.35. The van der Waals surface area contributed by atoms with Gasteiger partial charge in [0.15, 0.2) is 5.13 Å². The molecule has 3 heterocycles. The Kier molecular flexibility index (Phi) is 3.75. The Morgan fingerprint density at radius 3 is 2.95 bits per heavy atom. The van der Waals surface area contributed by atoms with Crippen LogP contribution in [0.2, 0.25) is 0 Å². The molecule has 2 aromatic rings. The average molecular weight is 288 g/mol. The number of hydrogen-bond donors (Lipinski definition) is 2. The molecule has 1 aliphatic heterocycles. The number of rotatable bonds is 4. The molecule has 2 aromatic heterocycles. The molecule has 104 valence electrons. The Morgan fingerprint density at radius 2 is 2.30 bits per heavy atom. The van der Waals surface area contributed by atoms with Crippen LogP contribution in [0.3, 0.4) is 0 Å². The highest BCUT2D eigenvalue weighted by molar-refractivity contribution is 7.14. The van der Waals surface area contributed by atoms with Gasteiger partial charge < -0.3 is 10.6 Å². The van der Waals surface area contributed by atoms with Crippen LogP contribution >= 0.6 is 11.3 Å². The molecule has 1 amide bonds. The van der Waals surface area contributed by atoms with Gasteiger partial charge in [0, 0.05) is 17.5 Å². The molecule has 1 aliphatic rings. The topological polar surface area (TPSA) is 66.9 Å². The first-order chi connectivity index (χ1) is 9.74. The molecule has 0 saturated carbocycles. The minimum Gasteiger partial charge on any atom is -0.316 e. The smallest absolute Gasteiger partial charge is 0.229 e. The number of pyridine rings is 1. The summed E-state index contributed by atoms with van der Waals surface area (Å²) in [6, 6.07) is 5.70. The van der Waals surface area contributed by atoms with Gasteiger partial charge in [-0.1, -0.05) is 13.0 Å². The van der Waals surface area contributed by atoms with Crippen molar-refractivity contribution in [1.29, 1.82) is 0 Å². The van der Waals surface area contributed by atoms with Crippen LogP contribution in [-0.2, 0) is 4.79 Å². The number of anilines is 1. The Balaban J connectivity index is 1.66. The normalized spacial score (nSPS) is 16.4. The van der Waals surface area contributed by atoms with E-state index in [1.807, 2.05) is 30.5 Å². The molecule has 0 spiro atoms. The zero-order valence-electron chi connectivity index (χ0n) is 11.2. The standard InChI is InChI=1S/C14H16N4OS/c1-9(10-6-15-7-10)13(19)18-14-17-12(8-20-14)11-4-2-3-5-16-11/h2-5,8-10,15H,6-7H2,1H3,(H,17,18,19). The maximum atomic E-state index is 12.1. The summed E-state index contributed by atoms with van der Waals surface area (Å²) < 4.78 is 0. The molecule has 20 heavy (non-hydrogen) atoms. The highest BCUT2D eigenvalue weighted by atomic mass is 32.1. The van der Waals surface area contributed by atoms with Gasteiger partial charge in [-0.15, -0.1) is 11.3 Å². The summed E-state index contributed by atoms with van der Waals surface area (Å²) in [7, 11) is 0. The maximum absolute atomic E-state index is 12.1. The second-order valence-electron chi connectivity index (χ2n) is 4.95. The fourth-order valence-electron chi connectivity index (χ4n) is 2.06. The second-order valence-corrected chi connectivity index (χ2v) is 5.81. The minimum atomic E-state index is 0.0125. The van der Waals surface area contributed by atoms with Gasteiger partial charge in [0.1, 0.15) is 5.69 Å². The summed E-state index contributed by atoms with van der Waals surface area (Å²) >= 11 is 1.43. The molecule has 6 heteroatoms. The lowest BCUT2D eigenvalue weighted by Crippen LogP contribution is -2.48. The fourth-order valence-corrected chi connectivity index (χ4v) is 2.77. The van der Waals surface area contributed by atoms with Crippen LogP contribution in [0.15, 0.2) is 29.8 Å². The molecule has 1 unspecified atom stereocenters. The number of carbonyl (C=O) groups excluding carboxylic acids is 1. The van der Waals surface area contributed by atoms with Gasteiger partial charge in [-0.25, -0.2) is 4.98 Å². The fraction of sp³-hybridized carbons (Fsp3) is 0.357. The number of amides is 1. The highest BCUT2D eigenvalue weighted by Gasteiger charge is 2.29. The second kappa shape index (κ2) is 5.68. The molecule has 3 rings (SSSR count). The van der Waals surface area contributed by atoms with Crippen molar-refractivity contribution in [2.24, 2.45) is 11.8 Å². The Labute approximate surface area is 121 Å². The van der Waals surface area contributed by atoms with Crippen molar-refractivity contribution in [2.45, 2.75) is 6.92 Å². The third kappa shape index (κ3) is 2.71. The highest BCUT2D eigenvalue weighted by Crippen LogP contribution is 2.24. The molecule has 0 aliphatic carbocycles. The zero-order valence-corrected chi connectivity index (χ0v) is 12.0. The van der Waals surface area contributed by atoms with Crippen molar-refractivity contribution in [1.82, 2.24) is 15.3 Å². The Hall–Kier alpha value is -1.79. The molecule has 0 aromatic carbocycles. The largest absolute Gasteiger partial charge is 0.316 e. The molecule has 1 saturated heterocycles. The van der Waals surface area contributed by atoms with E-state index < -0.39 is 0 Å². The van der Waals surface area contributed by atoms with Crippen LogP contribution in [0.4, 0.5) is 5.13 Å². The van der Waals surface area contributed by atoms with Gasteiger partial charge in [-0.2, -0.15) is 0 Å². The van der Waals surface area contributed by atoms with Crippen LogP contribution in [-0.4, -0.2) is 29.0 Å². The van der Waals surface area contributed by atoms with Gasteiger partial charge in [0.25, 0.3) is 0 Å². The summed E-state index contributed by atoms with van der Waals surface area (Å²) in [5.74, 6) is 0.488. The first-order valence-corrected chi connectivity index (χ1v) is 7.50. The number of aromatic nitrogens is 2. The Morgan fingerprint density at radius 1 is 1.45 bits per heavy atom. The predicted molar refractivity (Wildman–Crippen MR) is 79.5 cm³/mol. The number of nitrogens with one attached hydrogen (secondary N) is 2. The number of thiazole rings is 1. The zero-order chi connectivity index (χ0) is 13.9. The van der Waals surface area contributed by atoms with E-state index in [1.54, 1.807) is 6.20 Å². The van der Waals surface area contributed by atoms with E-state index in [2.05, 4.69) is 20.6 Å². The SMILES string of the molecule is CC(C(=O)Nc1nc(-c2ccccn2)cs1)C1CNC1. The summed E-state index contributed by atoms with van der Waals surface area (Å²) in [6.07, 6.45) is 1.73. The monoisotopic (exact) mass is 288 g/mol. The summed E-state index contributed by atoms with van der Waals surface area (Å²) in [6.45, 7) is 3.81. The third-order valence-electron chi connectivity index (χ3n) is 3.60. The molecule has 0 radical (unpaired) electrons. The molecule has 0 bridgehead atoms. The van der Waals surface area contributed by atoms with Crippen molar-refractivity contribution in [2.75, 3.05) is 18.4 Å².